The lowest BCUT2D eigenvalue weighted by molar-refractivity contribution is -0.141. The summed E-state index contributed by atoms with van der Waals surface area (Å²) in [6, 6.07) is 7.79. The molecule has 4 rings (SSSR count). The monoisotopic (exact) mass is 485 g/mol. The lowest BCUT2D eigenvalue weighted by Gasteiger charge is -2.33. The van der Waals surface area contributed by atoms with Crippen molar-refractivity contribution in [3.05, 3.63) is 47.3 Å². The van der Waals surface area contributed by atoms with Crippen LogP contribution in [0.5, 0.6) is 0 Å². The summed E-state index contributed by atoms with van der Waals surface area (Å²) < 4.78 is 40.8. The third-order valence-electron chi connectivity index (χ3n) is 6.81. The van der Waals surface area contributed by atoms with Crippen LogP contribution in [0.4, 0.5) is 13.2 Å². The number of likely N-dealkylation sites (N-methyl/N-ethyl adjacent to an activating group) is 1. The summed E-state index contributed by atoms with van der Waals surface area (Å²) in [4.78, 5) is 5.27. The number of amidine groups is 1. The fourth-order valence-corrected chi connectivity index (χ4v) is 5.02. The molecule has 1 aromatic carbocycles. The van der Waals surface area contributed by atoms with Crippen molar-refractivity contribution in [2.75, 3.05) is 7.05 Å². The molecule has 0 bridgehead atoms. The van der Waals surface area contributed by atoms with Crippen LogP contribution >= 0.6 is 0 Å². The van der Waals surface area contributed by atoms with Crippen LogP contribution in [0, 0.1) is 16.7 Å². The highest BCUT2D eigenvalue weighted by Crippen LogP contribution is 2.40. The quantitative estimate of drug-likeness (QED) is 0.259. The number of halogens is 3. The minimum Gasteiger partial charge on any atom is -0.324 e. The number of alkyl halides is 3. The summed E-state index contributed by atoms with van der Waals surface area (Å²) in [5.74, 6) is 0.369. The zero-order chi connectivity index (χ0) is 25.3. The van der Waals surface area contributed by atoms with Gasteiger partial charge < -0.3 is 10.6 Å². The standard InChI is InChI=1S/C25H30F3N7/c1-14(30)21-23-18(12-19(32-21)25(26,27)28)22(33-34-23)17-10-6-9-16(11-17)20(24(31)35(2)13-29)15-7-4-3-5-8-15/h6,9-15,20,29,31H,3-5,7-8,30H2,1-2H3,(H,33,34). The number of hydrogen-bond donors (Lipinski definition) is 4. The molecule has 0 radical (unpaired) electrons. The summed E-state index contributed by atoms with van der Waals surface area (Å²) in [5, 5.41) is 23.9. The number of hydrogen-bond acceptors (Lipinski definition) is 5. The molecule has 2 aromatic heterocycles. The van der Waals surface area contributed by atoms with Crippen molar-refractivity contribution < 1.29 is 13.2 Å². The zero-order valence-electron chi connectivity index (χ0n) is 19.8. The maximum Gasteiger partial charge on any atom is 0.433 e. The number of benzene rings is 1. The van der Waals surface area contributed by atoms with Crippen LogP contribution < -0.4 is 5.73 Å². The van der Waals surface area contributed by atoms with Crippen molar-refractivity contribution in [1.82, 2.24) is 20.1 Å². The topological polar surface area (TPSA) is 119 Å². The molecule has 1 aliphatic carbocycles. The zero-order valence-corrected chi connectivity index (χ0v) is 19.8. The van der Waals surface area contributed by atoms with E-state index in [0.29, 0.717) is 28.0 Å². The van der Waals surface area contributed by atoms with Gasteiger partial charge in [-0.05, 0) is 43.4 Å². The van der Waals surface area contributed by atoms with Crippen LogP contribution in [0.15, 0.2) is 30.3 Å². The first kappa shape index (κ1) is 24.8. The number of aromatic nitrogens is 3. The molecule has 2 unspecified atom stereocenters. The van der Waals surface area contributed by atoms with Gasteiger partial charge in [0.05, 0.1) is 17.5 Å². The van der Waals surface area contributed by atoms with Crippen molar-refractivity contribution in [2.45, 2.75) is 57.2 Å². The molecule has 10 heteroatoms. The van der Waals surface area contributed by atoms with Gasteiger partial charge in [-0.25, -0.2) is 4.98 Å². The molecule has 2 atom stereocenters. The fourth-order valence-electron chi connectivity index (χ4n) is 5.02. The maximum atomic E-state index is 13.6. The lowest BCUT2D eigenvalue weighted by atomic mass is 9.75. The van der Waals surface area contributed by atoms with Gasteiger partial charge in [0.1, 0.15) is 17.2 Å². The van der Waals surface area contributed by atoms with Crippen LogP contribution in [-0.2, 0) is 6.18 Å². The van der Waals surface area contributed by atoms with Crippen LogP contribution in [0.3, 0.4) is 0 Å². The Balaban J connectivity index is 1.84. The van der Waals surface area contributed by atoms with Gasteiger partial charge in [-0.1, -0.05) is 37.5 Å². The Kier molecular flexibility index (Phi) is 6.93. The molecule has 0 saturated heterocycles. The Morgan fingerprint density at radius 1 is 1.23 bits per heavy atom. The second-order valence-corrected chi connectivity index (χ2v) is 9.30. The van der Waals surface area contributed by atoms with Crippen molar-refractivity contribution in [3.8, 4) is 11.3 Å². The number of nitrogens with two attached hydrogens (primary N) is 1. The Hall–Kier alpha value is -3.27. The van der Waals surface area contributed by atoms with Gasteiger partial charge in [0.15, 0.2) is 0 Å². The van der Waals surface area contributed by atoms with E-state index >= 15 is 0 Å². The molecule has 1 saturated carbocycles. The third-order valence-corrected chi connectivity index (χ3v) is 6.81. The smallest absolute Gasteiger partial charge is 0.324 e. The normalized spacial score (nSPS) is 16.7. The average Bonchev–Trinajstić information content (AvgIpc) is 3.27. The summed E-state index contributed by atoms with van der Waals surface area (Å²) in [6.07, 6.45) is 1.86. The van der Waals surface area contributed by atoms with Crippen LogP contribution in [0.2, 0.25) is 0 Å². The van der Waals surface area contributed by atoms with Gasteiger partial charge >= 0.3 is 6.18 Å². The molecule has 0 aliphatic heterocycles. The predicted octanol–water partition coefficient (Wildman–Crippen LogP) is 5.84. The fraction of sp³-hybridized carbons (Fsp3) is 0.440. The maximum absolute atomic E-state index is 13.6. The van der Waals surface area contributed by atoms with Gasteiger partial charge in [-0.15, -0.1) is 0 Å². The Bertz CT molecular complexity index is 1230. The first-order valence-corrected chi connectivity index (χ1v) is 11.8. The SMILES string of the molecule is CC(N)c1nc(C(F)(F)F)cc2c(-c3cccc(C(C(=N)N(C)C=N)C4CCCCC4)c3)n[nH]c12. The molecule has 0 amide bonds. The number of nitrogens with one attached hydrogen (secondary N) is 3. The number of rotatable bonds is 6. The van der Waals surface area contributed by atoms with E-state index in [2.05, 4.69) is 15.2 Å². The molecule has 1 fully saturated rings. The van der Waals surface area contributed by atoms with Crippen molar-refractivity contribution in [1.29, 1.82) is 10.8 Å². The van der Waals surface area contributed by atoms with Gasteiger partial charge in [0, 0.05) is 30.0 Å². The Morgan fingerprint density at radius 2 is 1.94 bits per heavy atom. The van der Waals surface area contributed by atoms with Crippen LogP contribution in [-0.4, -0.2) is 39.3 Å². The molecule has 7 nitrogen and oxygen atoms in total. The number of nitrogens with zero attached hydrogens (tertiary/aromatic N) is 3. The molecule has 3 aromatic rings. The average molecular weight is 486 g/mol. The number of aromatic amines is 1. The minimum atomic E-state index is -4.62. The molecule has 2 heterocycles. The van der Waals surface area contributed by atoms with E-state index in [-0.39, 0.29) is 17.5 Å². The Labute approximate surface area is 201 Å². The number of pyridine rings is 1. The van der Waals surface area contributed by atoms with E-state index < -0.39 is 17.9 Å². The van der Waals surface area contributed by atoms with Gasteiger partial charge in [-0.3, -0.25) is 15.9 Å². The lowest BCUT2D eigenvalue weighted by Crippen LogP contribution is -2.34. The highest BCUT2D eigenvalue weighted by atomic mass is 19.4. The molecule has 1 aliphatic rings. The summed E-state index contributed by atoms with van der Waals surface area (Å²) in [6.45, 7) is 1.59. The molecule has 0 spiro atoms. The molecular formula is C25H30F3N7. The van der Waals surface area contributed by atoms with Gasteiger partial charge in [-0.2, -0.15) is 18.3 Å². The van der Waals surface area contributed by atoms with E-state index in [1.165, 1.54) is 11.3 Å². The van der Waals surface area contributed by atoms with E-state index in [1.807, 2.05) is 18.2 Å². The highest BCUT2D eigenvalue weighted by Gasteiger charge is 2.35. The largest absolute Gasteiger partial charge is 0.433 e. The van der Waals surface area contributed by atoms with Crippen LogP contribution in [0.1, 0.15) is 67.9 Å². The first-order valence-electron chi connectivity index (χ1n) is 11.8. The molecule has 35 heavy (non-hydrogen) atoms. The molecule has 186 valence electrons. The van der Waals surface area contributed by atoms with E-state index in [0.717, 1.165) is 43.7 Å². The van der Waals surface area contributed by atoms with Crippen molar-refractivity contribution in [2.24, 2.45) is 11.7 Å². The first-order chi connectivity index (χ1) is 16.6. The molecule has 5 N–H and O–H groups in total. The summed E-state index contributed by atoms with van der Waals surface area (Å²) in [7, 11) is 1.69. The summed E-state index contributed by atoms with van der Waals surface area (Å²) >= 11 is 0. The predicted molar refractivity (Wildman–Crippen MR) is 131 cm³/mol. The summed E-state index contributed by atoms with van der Waals surface area (Å²) in [5.41, 5.74) is 7.34. The van der Waals surface area contributed by atoms with E-state index in [4.69, 9.17) is 16.6 Å². The van der Waals surface area contributed by atoms with E-state index in [1.54, 1.807) is 20.0 Å². The minimum absolute atomic E-state index is 0.110. The molecular weight excluding hydrogens is 455 g/mol. The number of fused-ring (bicyclic) bond motifs is 1. The van der Waals surface area contributed by atoms with Crippen LogP contribution in [0.25, 0.3) is 22.2 Å². The van der Waals surface area contributed by atoms with Gasteiger partial charge in [0.25, 0.3) is 0 Å². The third kappa shape index (κ3) is 4.93. The second-order valence-electron chi connectivity index (χ2n) is 9.30. The van der Waals surface area contributed by atoms with Crippen molar-refractivity contribution >= 4 is 23.1 Å². The highest BCUT2D eigenvalue weighted by molar-refractivity contribution is 5.96. The second kappa shape index (κ2) is 9.77. The van der Waals surface area contributed by atoms with Gasteiger partial charge in [0.2, 0.25) is 0 Å². The number of H-pyrrole nitrogens is 1. The van der Waals surface area contributed by atoms with E-state index in [9.17, 15) is 13.2 Å². The Morgan fingerprint density at radius 3 is 2.57 bits per heavy atom. The van der Waals surface area contributed by atoms with Crippen molar-refractivity contribution in [3.63, 3.8) is 0 Å².